The van der Waals surface area contributed by atoms with Crippen molar-refractivity contribution in [3.63, 3.8) is 0 Å². The van der Waals surface area contributed by atoms with E-state index in [0.717, 1.165) is 13.1 Å². The van der Waals surface area contributed by atoms with E-state index in [0.29, 0.717) is 12.1 Å². The maximum Gasteiger partial charge on any atom is 0.0831 e. The summed E-state index contributed by atoms with van der Waals surface area (Å²) in [6, 6.07) is 0.810. The second-order valence-electron chi connectivity index (χ2n) is 3.55. The fraction of sp³-hybridized carbons (Fsp3) is 1.00. The average Bonchev–Trinajstić information content (AvgIpc) is 2.33. The van der Waals surface area contributed by atoms with E-state index in [9.17, 15) is 5.11 Å². The minimum atomic E-state index is -0.192. The summed E-state index contributed by atoms with van der Waals surface area (Å²) in [6.45, 7) is 5.94. The molecule has 1 aliphatic heterocycles. The Balaban J connectivity index is 2.45. The van der Waals surface area contributed by atoms with Crippen LogP contribution < -0.4 is 5.32 Å². The second-order valence-corrected chi connectivity index (χ2v) is 3.55. The zero-order valence-electron chi connectivity index (χ0n) is 7.54. The maximum absolute atomic E-state index is 9.50. The highest BCUT2D eigenvalue weighted by Crippen LogP contribution is 2.09. The molecular formula is C8H18N2O. The van der Waals surface area contributed by atoms with E-state index < -0.39 is 0 Å². The molecule has 1 saturated heterocycles. The monoisotopic (exact) mass is 158 g/mol. The Morgan fingerprint density at radius 1 is 1.45 bits per heavy atom. The molecule has 0 aliphatic carbocycles. The topological polar surface area (TPSA) is 35.5 Å². The van der Waals surface area contributed by atoms with E-state index in [1.165, 1.54) is 0 Å². The lowest BCUT2D eigenvalue weighted by molar-refractivity contribution is 0.0823. The molecule has 0 bridgehead atoms. The first kappa shape index (κ1) is 8.97. The van der Waals surface area contributed by atoms with Gasteiger partial charge in [-0.2, -0.15) is 0 Å². The summed E-state index contributed by atoms with van der Waals surface area (Å²) in [4.78, 5) is 2.21. The van der Waals surface area contributed by atoms with Gasteiger partial charge in [0.25, 0.3) is 0 Å². The number of aliphatic hydroxyl groups excluding tert-OH is 1. The van der Waals surface area contributed by atoms with Crippen molar-refractivity contribution >= 4 is 0 Å². The summed E-state index contributed by atoms with van der Waals surface area (Å²) in [6.07, 6.45) is -0.192. The van der Waals surface area contributed by atoms with E-state index in [2.05, 4.69) is 31.1 Å². The number of hydrogen-bond acceptors (Lipinski definition) is 3. The standard InChI is InChI=1S/C8H18N2O/c1-6(2)10(3)7-4-9-5-8(7)11/h6-9,11H,4-5H2,1-3H3/t7-,8-/m1/s1. The number of nitrogens with one attached hydrogen (secondary N) is 1. The summed E-state index contributed by atoms with van der Waals surface area (Å²) < 4.78 is 0. The molecule has 3 heteroatoms. The number of aliphatic hydroxyl groups is 1. The van der Waals surface area contributed by atoms with Crippen molar-refractivity contribution in [2.24, 2.45) is 0 Å². The van der Waals surface area contributed by atoms with Crippen LogP contribution in [0.2, 0.25) is 0 Å². The molecule has 11 heavy (non-hydrogen) atoms. The molecule has 1 aliphatic rings. The third-order valence-electron chi connectivity index (χ3n) is 2.49. The first-order valence-corrected chi connectivity index (χ1v) is 4.23. The summed E-state index contributed by atoms with van der Waals surface area (Å²) in [5, 5.41) is 12.7. The van der Waals surface area contributed by atoms with Crippen LogP contribution >= 0.6 is 0 Å². The Bertz CT molecular complexity index is 127. The van der Waals surface area contributed by atoms with Crippen LogP contribution in [-0.2, 0) is 0 Å². The molecule has 1 heterocycles. The van der Waals surface area contributed by atoms with Crippen molar-refractivity contribution in [1.82, 2.24) is 10.2 Å². The lowest BCUT2D eigenvalue weighted by Gasteiger charge is -2.29. The Kier molecular flexibility index (Phi) is 2.87. The predicted molar refractivity (Wildman–Crippen MR) is 45.6 cm³/mol. The van der Waals surface area contributed by atoms with E-state index in [-0.39, 0.29) is 6.10 Å². The number of hydrogen-bond donors (Lipinski definition) is 2. The maximum atomic E-state index is 9.50. The largest absolute Gasteiger partial charge is 0.390 e. The molecule has 0 aromatic rings. The summed E-state index contributed by atoms with van der Waals surface area (Å²) in [7, 11) is 2.06. The Morgan fingerprint density at radius 3 is 2.45 bits per heavy atom. The van der Waals surface area contributed by atoms with Gasteiger partial charge in [-0.3, -0.25) is 4.90 Å². The minimum Gasteiger partial charge on any atom is -0.390 e. The van der Waals surface area contributed by atoms with Gasteiger partial charge < -0.3 is 10.4 Å². The van der Waals surface area contributed by atoms with Gasteiger partial charge in [-0.05, 0) is 20.9 Å². The van der Waals surface area contributed by atoms with Crippen LogP contribution in [0, 0.1) is 0 Å². The quantitative estimate of drug-likeness (QED) is 0.577. The molecule has 0 spiro atoms. The van der Waals surface area contributed by atoms with Gasteiger partial charge >= 0.3 is 0 Å². The Labute approximate surface area is 68.4 Å². The van der Waals surface area contributed by atoms with Gasteiger partial charge in [0.15, 0.2) is 0 Å². The van der Waals surface area contributed by atoms with Crippen molar-refractivity contribution in [2.75, 3.05) is 20.1 Å². The van der Waals surface area contributed by atoms with Gasteiger partial charge in [-0.1, -0.05) is 0 Å². The van der Waals surface area contributed by atoms with Crippen molar-refractivity contribution in [3.05, 3.63) is 0 Å². The SMILES string of the molecule is CC(C)N(C)[C@@H]1CNC[C@H]1O. The summed E-state index contributed by atoms with van der Waals surface area (Å²) in [5.74, 6) is 0. The van der Waals surface area contributed by atoms with Crippen LogP contribution in [0.25, 0.3) is 0 Å². The summed E-state index contributed by atoms with van der Waals surface area (Å²) in [5.41, 5.74) is 0. The molecule has 66 valence electrons. The zero-order chi connectivity index (χ0) is 8.43. The van der Waals surface area contributed by atoms with Gasteiger partial charge in [-0.25, -0.2) is 0 Å². The lowest BCUT2D eigenvalue weighted by Crippen LogP contribution is -2.44. The second kappa shape index (κ2) is 3.52. The highest BCUT2D eigenvalue weighted by atomic mass is 16.3. The zero-order valence-corrected chi connectivity index (χ0v) is 7.54. The highest BCUT2D eigenvalue weighted by molar-refractivity contribution is 4.88. The molecule has 3 nitrogen and oxygen atoms in total. The van der Waals surface area contributed by atoms with Crippen LogP contribution in [-0.4, -0.2) is 48.3 Å². The molecule has 0 saturated carbocycles. The highest BCUT2D eigenvalue weighted by Gasteiger charge is 2.29. The van der Waals surface area contributed by atoms with Crippen molar-refractivity contribution in [2.45, 2.75) is 32.0 Å². The number of β-amino-alcohol motifs (C(OH)–C–C–N with tert-alkyl or cyclic N) is 1. The Hall–Kier alpha value is -0.120. The smallest absolute Gasteiger partial charge is 0.0831 e. The van der Waals surface area contributed by atoms with Crippen molar-refractivity contribution < 1.29 is 5.11 Å². The van der Waals surface area contributed by atoms with Crippen LogP contribution in [0.3, 0.4) is 0 Å². The first-order valence-electron chi connectivity index (χ1n) is 4.23. The van der Waals surface area contributed by atoms with E-state index in [4.69, 9.17) is 0 Å². The van der Waals surface area contributed by atoms with Gasteiger partial charge in [0.1, 0.15) is 0 Å². The first-order chi connectivity index (χ1) is 5.13. The molecule has 2 atom stereocenters. The van der Waals surface area contributed by atoms with Crippen LogP contribution in [0.15, 0.2) is 0 Å². The van der Waals surface area contributed by atoms with Gasteiger partial charge in [0, 0.05) is 25.2 Å². The normalized spacial score (nSPS) is 32.2. The molecule has 1 rings (SSSR count). The molecule has 1 fully saturated rings. The van der Waals surface area contributed by atoms with Gasteiger partial charge in [0.05, 0.1) is 6.10 Å². The molecule has 0 unspecified atom stereocenters. The minimum absolute atomic E-state index is 0.192. The van der Waals surface area contributed by atoms with E-state index in [1.54, 1.807) is 0 Å². The molecule has 0 amide bonds. The summed E-state index contributed by atoms with van der Waals surface area (Å²) >= 11 is 0. The van der Waals surface area contributed by atoms with Crippen LogP contribution in [0.5, 0.6) is 0 Å². The fourth-order valence-electron chi connectivity index (χ4n) is 1.45. The lowest BCUT2D eigenvalue weighted by atomic mass is 10.1. The number of nitrogens with zero attached hydrogens (tertiary/aromatic N) is 1. The van der Waals surface area contributed by atoms with Gasteiger partial charge in [-0.15, -0.1) is 0 Å². The molecular weight excluding hydrogens is 140 g/mol. The van der Waals surface area contributed by atoms with Crippen molar-refractivity contribution in [3.8, 4) is 0 Å². The molecule has 2 N–H and O–H groups in total. The molecule has 0 aromatic heterocycles. The Morgan fingerprint density at radius 2 is 2.09 bits per heavy atom. The average molecular weight is 158 g/mol. The van der Waals surface area contributed by atoms with Gasteiger partial charge in [0.2, 0.25) is 0 Å². The fourth-order valence-corrected chi connectivity index (χ4v) is 1.45. The van der Waals surface area contributed by atoms with E-state index >= 15 is 0 Å². The third kappa shape index (κ3) is 1.92. The third-order valence-corrected chi connectivity index (χ3v) is 2.49. The van der Waals surface area contributed by atoms with Crippen molar-refractivity contribution in [1.29, 1.82) is 0 Å². The number of rotatable bonds is 2. The predicted octanol–water partition coefficient (Wildman–Crippen LogP) is -0.341. The van der Waals surface area contributed by atoms with Crippen LogP contribution in [0.4, 0.5) is 0 Å². The molecule has 0 radical (unpaired) electrons. The van der Waals surface area contributed by atoms with E-state index in [1.807, 2.05) is 0 Å². The molecule has 0 aromatic carbocycles. The number of likely N-dealkylation sites (N-methyl/N-ethyl adjacent to an activating group) is 1. The van der Waals surface area contributed by atoms with Crippen LogP contribution in [0.1, 0.15) is 13.8 Å².